The lowest BCUT2D eigenvalue weighted by Gasteiger charge is -1.96. The largest absolute Gasteiger partial charge is 0.478 e. The molecule has 72 valence electrons. The van der Waals surface area contributed by atoms with Crippen molar-refractivity contribution in [2.45, 2.75) is 6.92 Å². The van der Waals surface area contributed by atoms with Crippen molar-refractivity contribution >= 4 is 17.8 Å². The second-order valence-corrected chi connectivity index (χ2v) is 2.83. The molecule has 0 unspecified atom stereocenters. The van der Waals surface area contributed by atoms with E-state index in [0.717, 1.165) is 0 Å². The first-order valence-corrected chi connectivity index (χ1v) is 4.12. The molecule has 0 heterocycles. The molecule has 3 heteroatoms. The van der Waals surface area contributed by atoms with Crippen molar-refractivity contribution in [3.63, 3.8) is 0 Å². The molecule has 0 saturated carbocycles. The van der Waals surface area contributed by atoms with E-state index in [4.69, 9.17) is 5.11 Å². The van der Waals surface area contributed by atoms with Gasteiger partial charge in [-0.3, -0.25) is 4.79 Å². The van der Waals surface area contributed by atoms with Gasteiger partial charge in [-0.2, -0.15) is 0 Å². The maximum absolute atomic E-state index is 10.9. The first-order chi connectivity index (χ1) is 6.61. The van der Waals surface area contributed by atoms with Gasteiger partial charge in [-0.15, -0.1) is 0 Å². The fraction of sp³-hybridized carbons (Fsp3) is 0.0909. The number of ketones is 1. The van der Waals surface area contributed by atoms with Crippen LogP contribution in [-0.2, 0) is 9.59 Å². The van der Waals surface area contributed by atoms with Crippen molar-refractivity contribution in [2.24, 2.45) is 0 Å². The number of carbonyl (C=O) groups is 2. The number of Topliss-reactive ketones (excluding diaryl/α,β-unsaturated/α-hetero) is 1. The number of aliphatic carboxylic acids is 1. The maximum Gasteiger partial charge on any atom is 0.339 e. The number of carboxylic acid groups (broad SMARTS) is 1. The van der Waals surface area contributed by atoms with Crippen LogP contribution in [0.15, 0.2) is 35.9 Å². The summed E-state index contributed by atoms with van der Waals surface area (Å²) < 4.78 is 0. The van der Waals surface area contributed by atoms with E-state index in [1.165, 1.54) is 13.0 Å². The Hall–Kier alpha value is -1.90. The Morgan fingerprint density at radius 2 is 1.79 bits per heavy atom. The molecule has 0 atom stereocenters. The average molecular weight is 190 g/mol. The first kappa shape index (κ1) is 10.2. The molecule has 1 aromatic carbocycles. The molecule has 0 bridgehead atoms. The molecule has 0 aromatic heterocycles. The van der Waals surface area contributed by atoms with Gasteiger partial charge in [0.25, 0.3) is 0 Å². The quantitative estimate of drug-likeness (QED) is 0.448. The average Bonchev–Trinajstić information content (AvgIpc) is 2.15. The summed E-state index contributed by atoms with van der Waals surface area (Å²) >= 11 is 0. The maximum atomic E-state index is 10.9. The summed E-state index contributed by atoms with van der Waals surface area (Å²) in [4.78, 5) is 21.6. The first-order valence-electron chi connectivity index (χ1n) is 4.12. The van der Waals surface area contributed by atoms with Crippen molar-refractivity contribution in [3.8, 4) is 0 Å². The Bertz CT molecular complexity index is 361. The minimum atomic E-state index is -1.19. The van der Waals surface area contributed by atoms with Gasteiger partial charge in [0.15, 0.2) is 5.78 Å². The van der Waals surface area contributed by atoms with E-state index in [-0.39, 0.29) is 5.57 Å². The minimum Gasteiger partial charge on any atom is -0.478 e. The zero-order valence-electron chi connectivity index (χ0n) is 7.73. The van der Waals surface area contributed by atoms with Gasteiger partial charge < -0.3 is 5.11 Å². The highest BCUT2D eigenvalue weighted by Gasteiger charge is 2.11. The van der Waals surface area contributed by atoms with Crippen LogP contribution in [0.2, 0.25) is 0 Å². The number of benzene rings is 1. The highest BCUT2D eigenvalue weighted by molar-refractivity contribution is 6.19. The van der Waals surface area contributed by atoms with E-state index in [9.17, 15) is 9.59 Å². The molecule has 0 aliphatic rings. The van der Waals surface area contributed by atoms with Gasteiger partial charge in [0.2, 0.25) is 0 Å². The second kappa shape index (κ2) is 4.37. The van der Waals surface area contributed by atoms with E-state index < -0.39 is 11.8 Å². The van der Waals surface area contributed by atoms with E-state index in [1.807, 2.05) is 6.07 Å². The van der Waals surface area contributed by atoms with Crippen molar-refractivity contribution in [3.05, 3.63) is 41.5 Å². The van der Waals surface area contributed by atoms with Crippen LogP contribution in [-0.4, -0.2) is 16.9 Å². The standard InChI is InChI=1S/C11H10O3/c1-8(12)10(11(13)14)7-9-5-3-2-4-6-9/h2-7H,1H3,(H,13,14)/b10-7-. The molecule has 1 N–H and O–H groups in total. The molecule has 3 nitrogen and oxygen atoms in total. The molecule has 1 rings (SSSR count). The molecule has 14 heavy (non-hydrogen) atoms. The van der Waals surface area contributed by atoms with Crippen LogP contribution >= 0.6 is 0 Å². The van der Waals surface area contributed by atoms with Crippen molar-refractivity contribution in [2.75, 3.05) is 0 Å². The molecule has 1 aromatic rings. The van der Waals surface area contributed by atoms with Gasteiger partial charge in [-0.1, -0.05) is 30.3 Å². The van der Waals surface area contributed by atoms with Crippen LogP contribution in [0.5, 0.6) is 0 Å². The Balaban J connectivity index is 3.06. The summed E-state index contributed by atoms with van der Waals surface area (Å²) in [5.74, 6) is -1.64. The highest BCUT2D eigenvalue weighted by atomic mass is 16.4. The summed E-state index contributed by atoms with van der Waals surface area (Å²) in [7, 11) is 0. The van der Waals surface area contributed by atoms with Crippen LogP contribution in [0.25, 0.3) is 6.08 Å². The van der Waals surface area contributed by atoms with Crippen LogP contribution in [0.4, 0.5) is 0 Å². The molecule has 0 spiro atoms. The van der Waals surface area contributed by atoms with Crippen molar-refractivity contribution in [1.29, 1.82) is 0 Å². The number of rotatable bonds is 3. The van der Waals surface area contributed by atoms with Crippen LogP contribution in [0, 0.1) is 0 Å². The van der Waals surface area contributed by atoms with Gasteiger partial charge in [-0.25, -0.2) is 4.79 Å². The minimum absolute atomic E-state index is 0.198. The molecule has 0 aliphatic carbocycles. The summed E-state index contributed by atoms with van der Waals surface area (Å²) in [6, 6.07) is 8.88. The van der Waals surface area contributed by atoms with E-state index in [0.29, 0.717) is 5.56 Å². The summed E-state index contributed by atoms with van der Waals surface area (Å²) in [6.07, 6.45) is 1.37. The van der Waals surface area contributed by atoms with Crippen LogP contribution in [0.1, 0.15) is 12.5 Å². The van der Waals surface area contributed by atoms with E-state index in [1.54, 1.807) is 24.3 Å². The Morgan fingerprint density at radius 1 is 1.21 bits per heavy atom. The zero-order valence-corrected chi connectivity index (χ0v) is 7.73. The van der Waals surface area contributed by atoms with Gasteiger partial charge in [0.1, 0.15) is 5.57 Å². The third kappa shape index (κ3) is 2.55. The fourth-order valence-electron chi connectivity index (χ4n) is 1.03. The van der Waals surface area contributed by atoms with E-state index in [2.05, 4.69) is 0 Å². The molecule has 0 saturated heterocycles. The highest BCUT2D eigenvalue weighted by Crippen LogP contribution is 2.07. The summed E-state index contributed by atoms with van der Waals surface area (Å²) in [5.41, 5.74) is 0.510. The topological polar surface area (TPSA) is 54.4 Å². The van der Waals surface area contributed by atoms with Crippen LogP contribution in [0.3, 0.4) is 0 Å². The smallest absolute Gasteiger partial charge is 0.339 e. The normalized spacial score (nSPS) is 11.1. The Kier molecular flexibility index (Phi) is 3.18. The van der Waals surface area contributed by atoms with Crippen molar-refractivity contribution in [1.82, 2.24) is 0 Å². The van der Waals surface area contributed by atoms with Gasteiger partial charge in [0.05, 0.1) is 0 Å². The predicted molar refractivity (Wildman–Crippen MR) is 52.7 cm³/mol. The summed E-state index contributed by atoms with van der Waals surface area (Å²) in [5, 5.41) is 8.72. The molecular formula is C11H10O3. The lowest BCUT2D eigenvalue weighted by Crippen LogP contribution is -2.08. The molecule has 0 amide bonds. The second-order valence-electron chi connectivity index (χ2n) is 2.83. The number of carboxylic acids is 1. The third-order valence-corrected chi connectivity index (χ3v) is 1.72. The van der Waals surface area contributed by atoms with Gasteiger partial charge in [0, 0.05) is 0 Å². The lowest BCUT2D eigenvalue weighted by molar-refractivity contribution is -0.134. The number of carbonyl (C=O) groups excluding carboxylic acids is 1. The molecule has 0 aliphatic heterocycles. The monoisotopic (exact) mass is 190 g/mol. The lowest BCUT2D eigenvalue weighted by atomic mass is 10.1. The predicted octanol–water partition coefficient (Wildman–Crippen LogP) is 1.74. The molecular weight excluding hydrogens is 180 g/mol. The number of hydrogen-bond donors (Lipinski definition) is 1. The number of hydrogen-bond acceptors (Lipinski definition) is 2. The summed E-state index contributed by atoms with van der Waals surface area (Å²) in [6.45, 7) is 1.24. The fourth-order valence-corrected chi connectivity index (χ4v) is 1.03. The Morgan fingerprint density at radius 3 is 2.21 bits per heavy atom. The SMILES string of the molecule is CC(=O)/C(=C/c1ccccc1)C(=O)O. The Labute approximate surface area is 81.7 Å². The molecule has 0 fully saturated rings. The molecule has 0 radical (unpaired) electrons. The van der Waals surface area contributed by atoms with Crippen molar-refractivity contribution < 1.29 is 14.7 Å². The van der Waals surface area contributed by atoms with Gasteiger partial charge >= 0.3 is 5.97 Å². The zero-order chi connectivity index (χ0) is 10.6. The van der Waals surface area contributed by atoms with E-state index >= 15 is 0 Å². The van der Waals surface area contributed by atoms with Gasteiger partial charge in [-0.05, 0) is 18.6 Å². The van der Waals surface area contributed by atoms with Crippen LogP contribution < -0.4 is 0 Å². The third-order valence-electron chi connectivity index (χ3n) is 1.72.